The number of nitrogens with one attached hydrogen (secondary N) is 2. The Balaban J connectivity index is 1.69. The molecule has 3 aromatic rings. The second kappa shape index (κ2) is 9.82. The van der Waals surface area contributed by atoms with E-state index < -0.39 is 6.04 Å². The Morgan fingerprint density at radius 1 is 1.38 bits per heavy atom. The number of aromatic nitrogens is 1. The van der Waals surface area contributed by atoms with Gasteiger partial charge in [-0.3, -0.25) is 9.88 Å². The molecule has 2 heterocycles. The highest BCUT2D eigenvalue weighted by molar-refractivity contribution is 7.15. The highest BCUT2D eigenvalue weighted by atomic mass is 32.1. The van der Waals surface area contributed by atoms with Crippen LogP contribution in [0.5, 0.6) is 0 Å². The van der Waals surface area contributed by atoms with Crippen LogP contribution in [0.2, 0.25) is 0 Å². The van der Waals surface area contributed by atoms with Crippen molar-refractivity contribution in [2.24, 2.45) is 7.05 Å². The van der Waals surface area contributed by atoms with Gasteiger partial charge in [0, 0.05) is 43.4 Å². The van der Waals surface area contributed by atoms with Crippen LogP contribution in [0, 0.1) is 11.3 Å². The highest BCUT2D eigenvalue weighted by Crippen LogP contribution is 2.30. The lowest BCUT2D eigenvalue weighted by Gasteiger charge is -2.20. The standard InChI is InChI=1S/C20H24N4O4S/c1-24-16-9-13(3-5-17(16)28-20(24)26)18-6-4-15(29-18)10-14(11-21)23-19(27-2)12-22-7-8-25/h3-6,9,14,19,22-23,25H,7-8,10,12H2,1-2H3/t14-,19?/m0/s1. The first-order valence-electron chi connectivity index (χ1n) is 9.24. The largest absolute Gasteiger partial charge is 0.419 e. The molecule has 1 aromatic carbocycles. The van der Waals surface area contributed by atoms with Gasteiger partial charge in [0.25, 0.3) is 0 Å². The van der Waals surface area contributed by atoms with Crippen molar-refractivity contribution in [1.29, 1.82) is 5.26 Å². The molecule has 0 saturated heterocycles. The number of oxazole rings is 1. The van der Waals surface area contributed by atoms with Crippen LogP contribution in [0.1, 0.15) is 4.88 Å². The number of methoxy groups -OCH3 is 1. The predicted octanol–water partition coefficient (Wildman–Crippen LogP) is 1.44. The molecule has 0 aliphatic carbocycles. The number of nitrogens with zero attached hydrogens (tertiary/aromatic N) is 2. The average molecular weight is 417 g/mol. The molecule has 3 N–H and O–H groups in total. The molecule has 29 heavy (non-hydrogen) atoms. The number of nitriles is 1. The third-order valence-corrected chi connectivity index (χ3v) is 5.75. The van der Waals surface area contributed by atoms with Crippen molar-refractivity contribution >= 4 is 22.4 Å². The number of aryl methyl sites for hydroxylation is 1. The fourth-order valence-corrected chi connectivity index (χ4v) is 4.06. The van der Waals surface area contributed by atoms with Gasteiger partial charge in [0.15, 0.2) is 5.58 Å². The molecule has 3 rings (SSSR count). The zero-order valence-electron chi connectivity index (χ0n) is 16.3. The van der Waals surface area contributed by atoms with E-state index in [9.17, 15) is 10.1 Å². The van der Waals surface area contributed by atoms with E-state index in [4.69, 9.17) is 14.3 Å². The maximum atomic E-state index is 11.7. The van der Waals surface area contributed by atoms with Crippen molar-refractivity contribution in [3.63, 3.8) is 0 Å². The van der Waals surface area contributed by atoms with Crippen molar-refractivity contribution in [2.75, 3.05) is 26.8 Å². The van der Waals surface area contributed by atoms with Crippen LogP contribution in [-0.4, -0.2) is 48.7 Å². The van der Waals surface area contributed by atoms with Gasteiger partial charge in [-0.25, -0.2) is 4.79 Å². The molecular formula is C20H24N4O4S. The minimum absolute atomic E-state index is 0.0505. The lowest BCUT2D eigenvalue weighted by atomic mass is 10.1. The molecule has 0 saturated carbocycles. The van der Waals surface area contributed by atoms with Crippen LogP contribution in [0.15, 0.2) is 39.5 Å². The monoisotopic (exact) mass is 416 g/mol. The Labute approximate surface area is 172 Å². The summed E-state index contributed by atoms with van der Waals surface area (Å²) in [6.45, 7) is 1.02. The van der Waals surface area contributed by atoms with Gasteiger partial charge >= 0.3 is 5.76 Å². The summed E-state index contributed by atoms with van der Waals surface area (Å²) < 4.78 is 12.0. The summed E-state index contributed by atoms with van der Waals surface area (Å²) in [5, 5.41) is 24.6. The Morgan fingerprint density at radius 3 is 2.93 bits per heavy atom. The maximum Gasteiger partial charge on any atom is 0.419 e. The van der Waals surface area contributed by atoms with Crippen molar-refractivity contribution in [2.45, 2.75) is 18.7 Å². The van der Waals surface area contributed by atoms with Gasteiger partial charge in [0.1, 0.15) is 12.3 Å². The molecule has 0 spiro atoms. The lowest BCUT2D eigenvalue weighted by molar-refractivity contribution is 0.0674. The molecule has 2 atom stereocenters. The van der Waals surface area contributed by atoms with Gasteiger partial charge in [-0.1, -0.05) is 0 Å². The number of ether oxygens (including phenoxy) is 1. The smallest absolute Gasteiger partial charge is 0.408 e. The quantitative estimate of drug-likeness (QED) is 0.339. The van der Waals surface area contributed by atoms with Gasteiger partial charge < -0.3 is 19.6 Å². The van der Waals surface area contributed by atoms with Crippen LogP contribution < -0.4 is 16.4 Å². The first-order chi connectivity index (χ1) is 14.0. The van der Waals surface area contributed by atoms with Crippen LogP contribution >= 0.6 is 11.3 Å². The molecule has 8 nitrogen and oxygen atoms in total. The number of thiophene rings is 1. The van der Waals surface area contributed by atoms with Crippen LogP contribution in [0.4, 0.5) is 0 Å². The second-order valence-electron chi connectivity index (χ2n) is 6.58. The minimum Gasteiger partial charge on any atom is -0.408 e. The Kier molecular flexibility index (Phi) is 7.19. The summed E-state index contributed by atoms with van der Waals surface area (Å²) in [5.41, 5.74) is 2.30. The molecule has 1 unspecified atom stereocenters. The van der Waals surface area contributed by atoms with E-state index in [2.05, 4.69) is 16.7 Å². The molecule has 0 radical (unpaired) electrons. The first kappa shape index (κ1) is 21.2. The van der Waals surface area contributed by atoms with Crippen molar-refractivity contribution in [1.82, 2.24) is 15.2 Å². The minimum atomic E-state index is -0.403. The zero-order chi connectivity index (χ0) is 20.8. The Morgan fingerprint density at radius 2 is 2.21 bits per heavy atom. The summed E-state index contributed by atoms with van der Waals surface area (Å²) in [4.78, 5) is 13.8. The van der Waals surface area contributed by atoms with E-state index in [1.807, 2.05) is 24.3 Å². The third kappa shape index (κ3) is 5.12. The molecule has 0 fully saturated rings. The van der Waals surface area contributed by atoms with E-state index in [-0.39, 0.29) is 18.6 Å². The fraction of sp³-hybridized carbons (Fsp3) is 0.400. The number of benzene rings is 1. The van der Waals surface area contributed by atoms with Crippen LogP contribution in [0.3, 0.4) is 0 Å². The third-order valence-electron chi connectivity index (χ3n) is 4.59. The SMILES string of the molecule is COC(CNCCO)N[C@H](C#N)Cc1ccc(-c2ccc3oc(=O)n(C)c3c2)s1. The summed E-state index contributed by atoms with van der Waals surface area (Å²) in [6, 6.07) is 11.6. The topological polar surface area (TPSA) is 112 Å². The molecule has 0 bridgehead atoms. The normalized spacial score (nSPS) is 13.4. The fourth-order valence-electron chi connectivity index (χ4n) is 3.01. The second-order valence-corrected chi connectivity index (χ2v) is 7.75. The van der Waals surface area contributed by atoms with E-state index in [1.54, 1.807) is 31.6 Å². The van der Waals surface area contributed by atoms with Gasteiger partial charge in [-0.15, -0.1) is 11.3 Å². The Hall–Kier alpha value is -2.48. The van der Waals surface area contributed by atoms with Crippen molar-refractivity contribution < 1.29 is 14.3 Å². The molecule has 9 heteroatoms. The van der Waals surface area contributed by atoms with E-state index in [0.29, 0.717) is 25.1 Å². The maximum absolute atomic E-state index is 11.7. The molecule has 0 aliphatic heterocycles. The summed E-state index contributed by atoms with van der Waals surface area (Å²) in [6.07, 6.45) is 0.225. The summed E-state index contributed by atoms with van der Waals surface area (Å²) in [7, 11) is 3.26. The number of hydrogen-bond donors (Lipinski definition) is 3. The number of rotatable bonds is 10. The van der Waals surface area contributed by atoms with E-state index in [0.717, 1.165) is 20.8 Å². The van der Waals surface area contributed by atoms with Crippen molar-refractivity contribution in [3.05, 3.63) is 45.8 Å². The van der Waals surface area contributed by atoms with Gasteiger partial charge in [0.2, 0.25) is 0 Å². The molecule has 0 amide bonds. The number of aliphatic hydroxyl groups excluding tert-OH is 1. The molecular weight excluding hydrogens is 392 g/mol. The average Bonchev–Trinajstić information content (AvgIpc) is 3.31. The highest BCUT2D eigenvalue weighted by Gasteiger charge is 2.16. The van der Waals surface area contributed by atoms with Gasteiger partial charge in [-0.2, -0.15) is 5.26 Å². The van der Waals surface area contributed by atoms with Crippen LogP contribution in [0.25, 0.3) is 21.5 Å². The summed E-state index contributed by atoms with van der Waals surface area (Å²) >= 11 is 1.61. The summed E-state index contributed by atoms with van der Waals surface area (Å²) in [5.74, 6) is -0.381. The number of fused-ring (bicyclic) bond motifs is 1. The lowest BCUT2D eigenvalue weighted by Crippen LogP contribution is -2.46. The zero-order valence-corrected chi connectivity index (χ0v) is 17.2. The predicted molar refractivity (Wildman–Crippen MR) is 112 cm³/mol. The number of aliphatic hydroxyl groups is 1. The first-order valence-corrected chi connectivity index (χ1v) is 10.1. The molecule has 0 aliphatic rings. The Bertz CT molecular complexity index is 1050. The molecule has 2 aromatic heterocycles. The van der Waals surface area contributed by atoms with E-state index in [1.165, 1.54) is 4.57 Å². The molecule has 154 valence electrons. The number of hydrogen-bond acceptors (Lipinski definition) is 8. The van der Waals surface area contributed by atoms with Crippen molar-refractivity contribution in [3.8, 4) is 16.5 Å². The van der Waals surface area contributed by atoms with Gasteiger partial charge in [-0.05, 0) is 35.9 Å². The van der Waals surface area contributed by atoms with Gasteiger partial charge in [0.05, 0.1) is 18.2 Å². The van der Waals surface area contributed by atoms with Crippen LogP contribution in [-0.2, 0) is 18.2 Å². The van der Waals surface area contributed by atoms with E-state index >= 15 is 0 Å².